The van der Waals surface area contributed by atoms with Crippen molar-refractivity contribution in [2.24, 2.45) is 0 Å². The highest BCUT2D eigenvalue weighted by Gasteiger charge is 2.03. The summed E-state index contributed by atoms with van der Waals surface area (Å²) in [6, 6.07) is 10.5. The van der Waals surface area contributed by atoms with Gasteiger partial charge in [-0.05, 0) is 28.8 Å². The molecule has 4 heteroatoms. The zero-order valence-electron chi connectivity index (χ0n) is 9.79. The van der Waals surface area contributed by atoms with E-state index in [1.54, 1.807) is 10.8 Å². The van der Waals surface area contributed by atoms with Crippen LogP contribution in [-0.4, -0.2) is 20.2 Å². The molecule has 0 saturated heterocycles. The Labute approximate surface area is 101 Å². The fraction of sp³-hybridized carbons (Fsp3) is 0.308. The fourth-order valence-electron chi connectivity index (χ4n) is 1.76. The molecule has 4 nitrogen and oxygen atoms in total. The van der Waals surface area contributed by atoms with Gasteiger partial charge in [0.25, 0.3) is 0 Å². The van der Waals surface area contributed by atoms with Crippen molar-refractivity contribution in [2.45, 2.75) is 25.8 Å². The van der Waals surface area contributed by atoms with Crippen molar-refractivity contribution in [3.05, 3.63) is 54.4 Å². The van der Waals surface area contributed by atoms with E-state index >= 15 is 0 Å². The lowest BCUT2D eigenvalue weighted by molar-refractivity contribution is 0.617. The van der Waals surface area contributed by atoms with E-state index in [0.29, 0.717) is 6.54 Å². The van der Waals surface area contributed by atoms with Gasteiger partial charge in [-0.3, -0.25) is 0 Å². The highest BCUT2D eigenvalue weighted by atomic mass is 15.5. The van der Waals surface area contributed by atoms with Crippen molar-refractivity contribution in [1.29, 1.82) is 0 Å². The molecular weight excluding hydrogens is 212 g/mol. The second-order valence-electron chi connectivity index (χ2n) is 3.91. The number of allylic oxidation sites excluding steroid dienone is 1. The standard InChI is InChI=1S/C13H16N4/c1-2-11-17-13(14-15-16-17)10-6-9-12-7-4-3-5-8-12/h2-5,7-8H,1,6,9-11H2. The largest absolute Gasteiger partial charge is 0.226 e. The van der Waals surface area contributed by atoms with E-state index in [9.17, 15) is 0 Å². The molecule has 0 aliphatic heterocycles. The molecule has 1 aromatic carbocycles. The van der Waals surface area contributed by atoms with Gasteiger partial charge in [0, 0.05) is 6.42 Å². The Bertz CT molecular complexity index is 461. The molecular formula is C13H16N4. The third-order valence-electron chi connectivity index (χ3n) is 2.62. The van der Waals surface area contributed by atoms with E-state index in [0.717, 1.165) is 25.1 Å². The van der Waals surface area contributed by atoms with Crippen LogP contribution in [0.15, 0.2) is 43.0 Å². The maximum atomic E-state index is 4.02. The van der Waals surface area contributed by atoms with Crippen molar-refractivity contribution in [3.8, 4) is 0 Å². The second kappa shape index (κ2) is 5.94. The van der Waals surface area contributed by atoms with E-state index in [1.165, 1.54) is 5.56 Å². The van der Waals surface area contributed by atoms with Crippen LogP contribution in [0.1, 0.15) is 17.8 Å². The summed E-state index contributed by atoms with van der Waals surface area (Å²) < 4.78 is 1.79. The Morgan fingerprint density at radius 3 is 2.76 bits per heavy atom. The highest BCUT2D eigenvalue weighted by molar-refractivity contribution is 5.14. The number of benzene rings is 1. The maximum absolute atomic E-state index is 4.02. The van der Waals surface area contributed by atoms with Gasteiger partial charge in [0.2, 0.25) is 0 Å². The van der Waals surface area contributed by atoms with Crippen LogP contribution in [0, 0.1) is 0 Å². The van der Waals surface area contributed by atoms with Crippen molar-refractivity contribution in [3.63, 3.8) is 0 Å². The molecule has 1 heterocycles. The minimum Gasteiger partial charge on any atom is -0.226 e. The summed E-state index contributed by atoms with van der Waals surface area (Å²) in [5, 5.41) is 11.6. The van der Waals surface area contributed by atoms with Crippen LogP contribution >= 0.6 is 0 Å². The van der Waals surface area contributed by atoms with Crippen molar-refractivity contribution in [2.75, 3.05) is 0 Å². The van der Waals surface area contributed by atoms with Crippen molar-refractivity contribution in [1.82, 2.24) is 20.2 Å². The van der Waals surface area contributed by atoms with Crippen LogP contribution in [0.2, 0.25) is 0 Å². The molecule has 0 fully saturated rings. The fourth-order valence-corrected chi connectivity index (χ4v) is 1.76. The summed E-state index contributed by atoms with van der Waals surface area (Å²) in [6.45, 7) is 4.36. The van der Waals surface area contributed by atoms with E-state index in [-0.39, 0.29) is 0 Å². The number of hydrogen-bond acceptors (Lipinski definition) is 3. The summed E-state index contributed by atoms with van der Waals surface area (Å²) in [5.41, 5.74) is 1.36. The zero-order valence-corrected chi connectivity index (χ0v) is 9.79. The second-order valence-corrected chi connectivity index (χ2v) is 3.91. The van der Waals surface area contributed by atoms with Gasteiger partial charge >= 0.3 is 0 Å². The first-order valence-corrected chi connectivity index (χ1v) is 5.80. The predicted molar refractivity (Wildman–Crippen MR) is 66.5 cm³/mol. The third-order valence-corrected chi connectivity index (χ3v) is 2.62. The van der Waals surface area contributed by atoms with E-state index < -0.39 is 0 Å². The lowest BCUT2D eigenvalue weighted by atomic mass is 10.1. The Hall–Kier alpha value is -1.97. The van der Waals surface area contributed by atoms with Crippen LogP contribution in [0.5, 0.6) is 0 Å². The van der Waals surface area contributed by atoms with E-state index in [2.05, 4.69) is 46.4 Å². The molecule has 2 aromatic rings. The number of nitrogens with zero attached hydrogens (tertiary/aromatic N) is 4. The molecule has 0 unspecified atom stereocenters. The van der Waals surface area contributed by atoms with Crippen molar-refractivity contribution >= 4 is 0 Å². The number of aromatic nitrogens is 4. The molecule has 0 spiro atoms. The van der Waals surface area contributed by atoms with Gasteiger partial charge < -0.3 is 0 Å². The average Bonchev–Trinajstić information content (AvgIpc) is 2.79. The van der Waals surface area contributed by atoms with Gasteiger partial charge in [0.15, 0.2) is 5.82 Å². The lowest BCUT2D eigenvalue weighted by Gasteiger charge is -2.02. The van der Waals surface area contributed by atoms with Gasteiger partial charge in [-0.25, -0.2) is 4.68 Å². The van der Waals surface area contributed by atoms with Gasteiger partial charge in [0.05, 0.1) is 6.54 Å². The molecule has 0 aliphatic rings. The molecule has 88 valence electrons. The zero-order chi connectivity index (χ0) is 11.9. The van der Waals surface area contributed by atoms with Crippen LogP contribution in [-0.2, 0) is 19.4 Å². The monoisotopic (exact) mass is 228 g/mol. The molecule has 2 rings (SSSR count). The van der Waals surface area contributed by atoms with Crippen molar-refractivity contribution < 1.29 is 0 Å². The quantitative estimate of drug-likeness (QED) is 0.711. The highest BCUT2D eigenvalue weighted by Crippen LogP contribution is 2.05. The van der Waals surface area contributed by atoms with Gasteiger partial charge in [-0.15, -0.1) is 11.7 Å². The summed E-state index contributed by atoms with van der Waals surface area (Å²) >= 11 is 0. The molecule has 17 heavy (non-hydrogen) atoms. The molecule has 0 atom stereocenters. The molecule has 0 amide bonds. The molecule has 0 radical (unpaired) electrons. The molecule has 1 aromatic heterocycles. The topological polar surface area (TPSA) is 43.6 Å². The summed E-state index contributed by atoms with van der Waals surface area (Å²) in [6.07, 6.45) is 4.82. The van der Waals surface area contributed by atoms with E-state index in [1.807, 2.05) is 6.07 Å². The summed E-state index contributed by atoms with van der Waals surface area (Å²) in [5.74, 6) is 0.931. The Morgan fingerprint density at radius 1 is 1.18 bits per heavy atom. The van der Waals surface area contributed by atoms with Gasteiger partial charge in [-0.1, -0.05) is 36.4 Å². The Kier molecular flexibility index (Phi) is 4.02. The smallest absolute Gasteiger partial charge is 0.151 e. The first kappa shape index (κ1) is 11.5. The normalized spacial score (nSPS) is 10.4. The molecule has 0 N–H and O–H groups in total. The third kappa shape index (κ3) is 3.24. The Balaban J connectivity index is 1.86. The van der Waals surface area contributed by atoms with E-state index in [4.69, 9.17) is 0 Å². The van der Waals surface area contributed by atoms with Gasteiger partial charge in [0.1, 0.15) is 0 Å². The molecule has 0 saturated carbocycles. The average molecular weight is 228 g/mol. The van der Waals surface area contributed by atoms with Crippen LogP contribution in [0.3, 0.4) is 0 Å². The number of aryl methyl sites for hydroxylation is 2. The van der Waals surface area contributed by atoms with Gasteiger partial charge in [-0.2, -0.15) is 0 Å². The van der Waals surface area contributed by atoms with Crippen LogP contribution < -0.4 is 0 Å². The lowest BCUT2D eigenvalue weighted by Crippen LogP contribution is -2.04. The Morgan fingerprint density at radius 2 is 2.00 bits per heavy atom. The first-order valence-electron chi connectivity index (χ1n) is 5.80. The number of hydrogen-bond donors (Lipinski definition) is 0. The number of tetrazole rings is 1. The minimum atomic E-state index is 0.674. The SMILES string of the molecule is C=CCn1nnnc1CCCc1ccccc1. The number of rotatable bonds is 6. The summed E-state index contributed by atoms with van der Waals surface area (Å²) in [4.78, 5) is 0. The minimum absolute atomic E-state index is 0.674. The molecule has 0 aliphatic carbocycles. The predicted octanol–water partition coefficient (Wildman–Crippen LogP) is 2.03. The first-order chi connectivity index (χ1) is 8.40. The van der Waals surface area contributed by atoms with Crippen LogP contribution in [0.25, 0.3) is 0 Å². The molecule has 0 bridgehead atoms. The maximum Gasteiger partial charge on any atom is 0.151 e. The summed E-state index contributed by atoms with van der Waals surface area (Å²) in [7, 11) is 0. The van der Waals surface area contributed by atoms with Crippen LogP contribution in [0.4, 0.5) is 0 Å².